The Morgan fingerprint density at radius 1 is 0.722 bits per heavy atom. The van der Waals surface area contributed by atoms with Crippen molar-refractivity contribution in [3.8, 4) is 5.82 Å². The standard InChI is InChI=1S/C15H11N3/c1-2-7-13-12(6-1)16-15(17-9-3-4-10-17)14-8-5-11-18(13)14/h1-11H. The van der Waals surface area contributed by atoms with Crippen molar-refractivity contribution in [3.05, 3.63) is 67.1 Å². The molecule has 0 fully saturated rings. The van der Waals surface area contributed by atoms with E-state index in [-0.39, 0.29) is 0 Å². The van der Waals surface area contributed by atoms with E-state index in [1.54, 1.807) is 0 Å². The topological polar surface area (TPSA) is 22.2 Å². The lowest BCUT2D eigenvalue weighted by atomic mass is 10.3. The zero-order valence-corrected chi connectivity index (χ0v) is 9.69. The SMILES string of the molecule is c1ccc2c(c1)nc(-n1cccc1)c1cccn12. The lowest BCUT2D eigenvalue weighted by Gasteiger charge is -2.08. The molecule has 4 aromatic rings. The van der Waals surface area contributed by atoms with Gasteiger partial charge in [-0.25, -0.2) is 4.98 Å². The minimum Gasteiger partial charge on any atom is -0.312 e. The van der Waals surface area contributed by atoms with Gasteiger partial charge in [-0.15, -0.1) is 0 Å². The molecular weight excluding hydrogens is 222 g/mol. The van der Waals surface area contributed by atoms with Crippen LogP contribution in [0.25, 0.3) is 22.4 Å². The first-order chi connectivity index (χ1) is 8.93. The molecule has 86 valence electrons. The van der Waals surface area contributed by atoms with Gasteiger partial charge in [0.1, 0.15) is 0 Å². The number of fused-ring (bicyclic) bond motifs is 3. The first-order valence-corrected chi connectivity index (χ1v) is 5.93. The van der Waals surface area contributed by atoms with Crippen molar-refractivity contribution in [1.29, 1.82) is 0 Å². The molecule has 3 nitrogen and oxygen atoms in total. The van der Waals surface area contributed by atoms with Crippen LogP contribution in [0, 0.1) is 0 Å². The highest BCUT2D eigenvalue weighted by atomic mass is 15.1. The summed E-state index contributed by atoms with van der Waals surface area (Å²) in [5.74, 6) is 0.962. The van der Waals surface area contributed by atoms with Crippen molar-refractivity contribution in [2.24, 2.45) is 0 Å². The molecule has 0 atom stereocenters. The maximum Gasteiger partial charge on any atom is 0.161 e. The van der Waals surface area contributed by atoms with Crippen molar-refractivity contribution >= 4 is 16.6 Å². The summed E-state index contributed by atoms with van der Waals surface area (Å²) >= 11 is 0. The van der Waals surface area contributed by atoms with Crippen LogP contribution in [0.2, 0.25) is 0 Å². The molecule has 0 N–H and O–H groups in total. The van der Waals surface area contributed by atoms with Crippen molar-refractivity contribution in [1.82, 2.24) is 14.0 Å². The Balaban J connectivity index is 2.21. The number of para-hydroxylation sites is 2. The first kappa shape index (κ1) is 9.48. The van der Waals surface area contributed by atoms with E-state index in [0.717, 1.165) is 22.4 Å². The van der Waals surface area contributed by atoms with Crippen LogP contribution in [0.1, 0.15) is 0 Å². The highest BCUT2D eigenvalue weighted by Crippen LogP contribution is 2.21. The largest absolute Gasteiger partial charge is 0.312 e. The van der Waals surface area contributed by atoms with Gasteiger partial charge in [-0.2, -0.15) is 0 Å². The molecule has 18 heavy (non-hydrogen) atoms. The maximum atomic E-state index is 4.76. The predicted molar refractivity (Wildman–Crippen MR) is 72.0 cm³/mol. The molecule has 0 aliphatic rings. The van der Waals surface area contributed by atoms with Crippen molar-refractivity contribution < 1.29 is 0 Å². The summed E-state index contributed by atoms with van der Waals surface area (Å²) in [6.45, 7) is 0. The maximum absolute atomic E-state index is 4.76. The summed E-state index contributed by atoms with van der Waals surface area (Å²) in [4.78, 5) is 4.76. The Morgan fingerprint density at radius 3 is 2.39 bits per heavy atom. The highest BCUT2D eigenvalue weighted by Gasteiger charge is 2.08. The number of hydrogen-bond donors (Lipinski definition) is 0. The molecule has 0 spiro atoms. The predicted octanol–water partition coefficient (Wildman–Crippen LogP) is 3.28. The zero-order chi connectivity index (χ0) is 11.9. The molecular formula is C15H11N3. The molecule has 4 rings (SSSR count). The van der Waals surface area contributed by atoms with E-state index in [2.05, 4.69) is 28.8 Å². The van der Waals surface area contributed by atoms with Gasteiger partial charge in [-0.1, -0.05) is 12.1 Å². The van der Waals surface area contributed by atoms with Gasteiger partial charge in [0.05, 0.1) is 16.6 Å². The quantitative estimate of drug-likeness (QED) is 0.494. The fraction of sp³-hybridized carbons (Fsp3) is 0. The van der Waals surface area contributed by atoms with Gasteiger partial charge >= 0.3 is 0 Å². The van der Waals surface area contributed by atoms with Gasteiger partial charge in [-0.3, -0.25) is 0 Å². The summed E-state index contributed by atoms with van der Waals surface area (Å²) in [6.07, 6.45) is 6.11. The molecule has 1 aromatic carbocycles. The van der Waals surface area contributed by atoms with Crippen molar-refractivity contribution in [2.45, 2.75) is 0 Å². The Kier molecular flexibility index (Phi) is 1.83. The van der Waals surface area contributed by atoms with Gasteiger partial charge in [0.2, 0.25) is 0 Å². The van der Waals surface area contributed by atoms with E-state index < -0.39 is 0 Å². The molecule has 0 aliphatic heterocycles. The average molecular weight is 233 g/mol. The van der Waals surface area contributed by atoms with E-state index in [9.17, 15) is 0 Å². The summed E-state index contributed by atoms with van der Waals surface area (Å²) in [6, 6.07) is 16.4. The van der Waals surface area contributed by atoms with Crippen LogP contribution in [0.15, 0.2) is 67.1 Å². The second-order valence-corrected chi connectivity index (χ2v) is 4.28. The molecule has 0 aliphatic carbocycles. The summed E-state index contributed by atoms with van der Waals surface area (Å²) in [5.41, 5.74) is 3.25. The molecule has 0 saturated heterocycles. The van der Waals surface area contributed by atoms with Crippen LogP contribution in [-0.4, -0.2) is 14.0 Å². The lowest BCUT2D eigenvalue weighted by molar-refractivity contribution is 1.02. The van der Waals surface area contributed by atoms with Gasteiger partial charge in [0.15, 0.2) is 5.82 Å². The van der Waals surface area contributed by atoms with Crippen LogP contribution in [-0.2, 0) is 0 Å². The average Bonchev–Trinajstić information content (AvgIpc) is 3.09. The molecule has 3 heteroatoms. The minimum absolute atomic E-state index is 0.962. The number of nitrogens with zero attached hydrogens (tertiary/aromatic N) is 3. The van der Waals surface area contributed by atoms with Crippen LogP contribution < -0.4 is 0 Å². The highest BCUT2D eigenvalue weighted by molar-refractivity contribution is 5.82. The number of benzene rings is 1. The Labute approximate surface area is 104 Å². The molecule has 3 heterocycles. The molecule has 0 saturated carbocycles. The zero-order valence-electron chi connectivity index (χ0n) is 9.69. The second kappa shape index (κ2) is 3.47. The monoisotopic (exact) mass is 233 g/mol. The smallest absolute Gasteiger partial charge is 0.161 e. The van der Waals surface area contributed by atoms with Crippen LogP contribution in [0.5, 0.6) is 0 Å². The number of rotatable bonds is 1. The van der Waals surface area contributed by atoms with E-state index in [1.807, 2.05) is 47.3 Å². The van der Waals surface area contributed by atoms with Crippen LogP contribution in [0.3, 0.4) is 0 Å². The second-order valence-electron chi connectivity index (χ2n) is 4.28. The Morgan fingerprint density at radius 2 is 1.50 bits per heavy atom. The first-order valence-electron chi connectivity index (χ1n) is 5.93. The lowest BCUT2D eigenvalue weighted by Crippen LogP contribution is -2.00. The van der Waals surface area contributed by atoms with E-state index in [0.29, 0.717) is 0 Å². The van der Waals surface area contributed by atoms with Gasteiger partial charge in [0, 0.05) is 18.6 Å². The van der Waals surface area contributed by atoms with E-state index in [4.69, 9.17) is 4.98 Å². The molecule has 3 aromatic heterocycles. The third-order valence-electron chi connectivity index (χ3n) is 3.19. The van der Waals surface area contributed by atoms with E-state index in [1.165, 1.54) is 0 Å². The Hall–Kier alpha value is -2.55. The van der Waals surface area contributed by atoms with E-state index >= 15 is 0 Å². The fourth-order valence-electron chi connectivity index (χ4n) is 2.37. The number of hydrogen-bond acceptors (Lipinski definition) is 1. The van der Waals surface area contributed by atoms with Crippen LogP contribution >= 0.6 is 0 Å². The fourth-order valence-corrected chi connectivity index (χ4v) is 2.37. The molecule has 0 unspecified atom stereocenters. The van der Waals surface area contributed by atoms with Gasteiger partial charge < -0.3 is 8.97 Å². The van der Waals surface area contributed by atoms with Gasteiger partial charge in [0.25, 0.3) is 0 Å². The minimum atomic E-state index is 0.962. The van der Waals surface area contributed by atoms with Crippen molar-refractivity contribution in [3.63, 3.8) is 0 Å². The summed E-state index contributed by atoms with van der Waals surface area (Å²) in [7, 11) is 0. The summed E-state index contributed by atoms with van der Waals surface area (Å²) < 4.78 is 4.22. The van der Waals surface area contributed by atoms with Crippen LogP contribution in [0.4, 0.5) is 0 Å². The molecule has 0 bridgehead atoms. The normalized spacial score (nSPS) is 11.3. The Bertz CT molecular complexity index is 825. The third kappa shape index (κ3) is 1.21. The van der Waals surface area contributed by atoms with Gasteiger partial charge in [-0.05, 0) is 36.4 Å². The molecule has 0 amide bonds. The van der Waals surface area contributed by atoms with Crippen molar-refractivity contribution in [2.75, 3.05) is 0 Å². The molecule has 0 radical (unpaired) electrons. The summed E-state index contributed by atoms with van der Waals surface area (Å²) in [5, 5.41) is 0. The third-order valence-corrected chi connectivity index (χ3v) is 3.19. The number of aromatic nitrogens is 3.